The standard InChI is InChI=1S/C54H64N2O19/c1-32(57)69-43-21-15-37(26-45(43)70-33(2)58)16-22-50(66)74-48-31-54(75-36(5)61,30-47(71-34(3)59)52(48)72-35(4)60)53(67)56-24-23-55-49(65)14-12-10-8-6-7-9-11-13-25-68-40-19-17-38(18-20-40)44-29-42(64)51-41(63)27-39(62)28-46(51)73-44/h15-22,26-28,44,47-48,52,62-63H,6-14,23-25,29-31H2,1-5H3,(H,55,65)(H,56,67)/b22-16+/t44?,47-,48-,52-,54+/m1/s1. The van der Waals surface area contributed by atoms with Gasteiger partial charge in [0.2, 0.25) is 5.91 Å². The Balaban J connectivity index is 1.02. The zero-order valence-corrected chi connectivity index (χ0v) is 42.6. The van der Waals surface area contributed by atoms with Crippen LogP contribution < -0.4 is 29.6 Å². The molecular formula is C54H64N2O19. The number of ether oxygens (including phenoxy) is 8. The minimum Gasteiger partial charge on any atom is -0.508 e. The van der Waals surface area contributed by atoms with Crippen molar-refractivity contribution in [2.45, 2.75) is 142 Å². The van der Waals surface area contributed by atoms with Gasteiger partial charge in [-0.15, -0.1) is 0 Å². The number of hydrogen-bond acceptors (Lipinski definition) is 19. The summed E-state index contributed by atoms with van der Waals surface area (Å²) in [7, 11) is 0. The minimum absolute atomic E-state index is 0.0238. The highest BCUT2D eigenvalue weighted by atomic mass is 16.6. The monoisotopic (exact) mass is 1040 g/mol. The van der Waals surface area contributed by atoms with Crippen LogP contribution in [0, 0.1) is 0 Å². The SMILES string of the molecule is CC(=O)Oc1ccc(/C=C/C(=O)O[C@@H]2C[C@](OC(C)=O)(C(=O)NCCNC(=O)CCCCCCCCCCOc3ccc(C4CC(=O)c5c(O)cc(O)cc5O4)cc3)C[C@@H](OC(C)=O)[C@H]2OC(C)=O)cc1OC(C)=O. The molecule has 1 heterocycles. The van der Waals surface area contributed by atoms with Crippen molar-refractivity contribution in [2.75, 3.05) is 19.7 Å². The smallest absolute Gasteiger partial charge is 0.331 e. The summed E-state index contributed by atoms with van der Waals surface area (Å²) < 4.78 is 44.2. The van der Waals surface area contributed by atoms with Gasteiger partial charge < -0.3 is 58.7 Å². The molecule has 3 aromatic carbocycles. The number of nitrogens with one attached hydrogen (secondary N) is 2. The quantitative estimate of drug-likeness (QED) is 0.0236. The van der Waals surface area contributed by atoms with Crippen molar-refractivity contribution < 1.29 is 91.3 Å². The number of Topliss-reactive ketones (excluding diaryl/α,β-unsaturated/α-hetero) is 1. The highest BCUT2D eigenvalue weighted by Gasteiger charge is 2.57. The van der Waals surface area contributed by atoms with E-state index in [1.54, 1.807) is 0 Å². The maximum atomic E-state index is 13.9. The first-order valence-corrected chi connectivity index (χ1v) is 24.7. The topological polar surface area (TPSA) is 292 Å². The average Bonchev–Trinajstić information content (AvgIpc) is 3.32. The number of benzene rings is 3. The maximum absolute atomic E-state index is 13.9. The molecule has 0 radical (unpaired) electrons. The molecule has 1 saturated carbocycles. The Morgan fingerprint density at radius 1 is 0.680 bits per heavy atom. The first-order valence-electron chi connectivity index (χ1n) is 24.7. The number of hydrogen-bond donors (Lipinski definition) is 4. The lowest BCUT2D eigenvalue weighted by Gasteiger charge is -2.44. The van der Waals surface area contributed by atoms with E-state index >= 15 is 0 Å². The molecule has 3 aromatic rings. The van der Waals surface area contributed by atoms with Crippen LogP contribution in [0.2, 0.25) is 0 Å². The largest absolute Gasteiger partial charge is 0.508 e. The third-order valence-corrected chi connectivity index (χ3v) is 11.9. The van der Waals surface area contributed by atoms with Crippen LogP contribution in [-0.4, -0.2) is 107 Å². The van der Waals surface area contributed by atoms with E-state index in [9.17, 15) is 53.4 Å². The van der Waals surface area contributed by atoms with Gasteiger partial charge in [-0.1, -0.05) is 56.7 Å². The van der Waals surface area contributed by atoms with Crippen molar-refractivity contribution in [3.05, 3.63) is 77.4 Å². The van der Waals surface area contributed by atoms with Crippen LogP contribution in [0.1, 0.15) is 139 Å². The summed E-state index contributed by atoms with van der Waals surface area (Å²) in [6.45, 7) is 5.99. The van der Waals surface area contributed by atoms with E-state index in [0.29, 0.717) is 24.3 Å². The van der Waals surface area contributed by atoms with Crippen molar-refractivity contribution in [3.8, 4) is 34.5 Å². The lowest BCUT2D eigenvalue weighted by atomic mass is 9.78. The molecule has 21 heteroatoms. The van der Waals surface area contributed by atoms with Crippen molar-refractivity contribution in [1.82, 2.24) is 10.6 Å². The molecule has 0 spiro atoms. The van der Waals surface area contributed by atoms with Crippen LogP contribution in [-0.2, 0) is 57.3 Å². The van der Waals surface area contributed by atoms with Crippen molar-refractivity contribution in [2.24, 2.45) is 0 Å². The van der Waals surface area contributed by atoms with Crippen molar-refractivity contribution in [3.63, 3.8) is 0 Å². The predicted molar refractivity (Wildman–Crippen MR) is 264 cm³/mol. The lowest BCUT2D eigenvalue weighted by Crippen LogP contribution is -2.63. The number of phenols is 2. The Hall–Kier alpha value is -7.97. The second-order valence-electron chi connectivity index (χ2n) is 18.1. The Labute approximate surface area is 433 Å². The van der Waals surface area contributed by atoms with Crippen molar-refractivity contribution >= 4 is 59.5 Å². The van der Waals surface area contributed by atoms with E-state index in [1.807, 2.05) is 24.3 Å². The molecule has 2 aliphatic rings. The Kier molecular flexibility index (Phi) is 21.6. The van der Waals surface area contributed by atoms with E-state index in [0.717, 1.165) is 97.3 Å². The molecule has 5 atom stereocenters. The highest BCUT2D eigenvalue weighted by molar-refractivity contribution is 6.02. The van der Waals surface area contributed by atoms with E-state index in [2.05, 4.69) is 10.6 Å². The van der Waals surface area contributed by atoms with Gasteiger partial charge in [-0.25, -0.2) is 4.79 Å². The number of rotatable bonds is 25. The van der Waals surface area contributed by atoms with Crippen LogP contribution in [0.5, 0.6) is 34.5 Å². The summed E-state index contributed by atoms with van der Waals surface area (Å²) in [6.07, 6.45) is 4.08. The number of amides is 2. The number of carbonyl (C=O) groups excluding carboxylic acids is 9. The molecule has 1 fully saturated rings. The molecule has 1 aliphatic heterocycles. The molecule has 404 valence electrons. The molecule has 1 unspecified atom stereocenters. The number of carbonyl (C=O) groups is 9. The number of esters is 6. The van der Waals surface area contributed by atoms with Gasteiger partial charge in [-0.05, 0) is 54.3 Å². The predicted octanol–water partition coefficient (Wildman–Crippen LogP) is 6.36. The van der Waals surface area contributed by atoms with E-state index < -0.39 is 84.6 Å². The summed E-state index contributed by atoms with van der Waals surface area (Å²) in [5, 5.41) is 25.3. The fraction of sp³-hybridized carbons (Fsp3) is 0.463. The summed E-state index contributed by atoms with van der Waals surface area (Å²) in [5.74, 6) is -6.12. The number of phenolic OH excluding ortho intramolecular Hbond substituents is 2. The first-order chi connectivity index (χ1) is 35.7. The highest BCUT2D eigenvalue weighted by Crippen LogP contribution is 2.42. The third kappa shape index (κ3) is 18.2. The molecule has 4 N–H and O–H groups in total. The van der Waals surface area contributed by atoms with Crippen LogP contribution in [0.15, 0.2) is 60.7 Å². The van der Waals surface area contributed by atoms with E-state index in [-0.39, 0.29) is 71.9 Å². The molecule has 5 rings (SSSR count). The number of aromatic hydroxyl groups is 2. The summed E-state index contributed by atoms with van der Waals surface area (Å²) >= 11 is 0. The molecule has 0 saturated heterocycles. The molecule has 75 heavy (non-hydrogen) atoms. The Morgan fingerprint density at radius 2 is 1.29 bits per heavy atom. The van der Waals surface area contributed by atoms with Gasteiger partial charge in [0.25, 0.3) is 5.91 Å². The van der Waals surface area contributed by atoms with Crippen molar-refractivity contribution in [1.29, 1.82) is 0 Å². The molecule has 0 aromatic heterocycles. The van der Waals surface area contributed by atoms with E-state index in [1.165, 1.54) is 30.3 Å². The van der Waals surface area contributed by atoms with Gasteiger partial charge in [-0.3, -0.25) is 38.4 Å². The normalized spacial score (nSPS) is 18.8. The fourth-order valence-electron chi connectivity index (χ4n) is 8.68. The van der Waals surface area contributed by atoms with Gasteiger partial charge in [0.05, 0.1) is 13.0 Å². The van der Waals surface area contributed by atoms with Crippen LogP contribution in [0.25, 0.3) is 6.08 Å². The summed E-state index contributed by atoms with van der Waals surface area (Å²) in [6, 6.07) is 13.8. The minimum atomic E-state index is -2.10. The fourth-order valence-corrected chi connectivity index (χ4v) is 8.68. The second kappa shape index (κ2) is 27.9. The van der Waals surface area contributed by atoms with Crippen LogP contribution >= 0.6 is 0 Å². The van der Waals surface area contributed by atoms with Gasteiger partial charge in [0.1, 0.15) is 46.9 Å². The molecular weight excluding hydrogens is 981 g/mol. The second-order valence-corrected chi connectivity index (χ2v) is 18.1. The number of unbranched alkanes of at least 4 members (excludes halogenated alkanes) is 7. The van der Waals surface area contributed by atoms with Crippen LogP contribution in [0.3, 0.4) is 0 Å². The van der Waals surface area contributed by atoms with Gasteiger partial charge in [0, 0.05) is 85.2 Å². The molecule has 21 nitrogen and oxygen atoms in total. The number of ketones is 1. The zero-order chi connectivity index (χ0) is 54.7. The summed E-state index contributed by atoms with van der Waals surface area (Å²) in [5.41, 5.74) is -0.953. The Morgan fingerprint density at radius 3 is 1.93 bits per heavy atom. The first kappa shape index (κ1) is 57.9. The average molecular weight is 1050 g/mol. The molecule has 2 amide bonds. The van der Waals surface area contributed by atoms with E-state index in [4.69, 9.17) is 37.9 Å². The van der Waals surface area contributed by atoms with Gasteiger partial charge >= 0.3 is 35.8 Å². The summed E-state index contributed by atoms with van der Waals surface area (Å²) in [4.78, 5) is 113. The van der Waals surface area contributed by atoms with Gasteiger partial charge in [0.15, 0.2) is 29.0 Å². The lowest BCUT2D eigenvalue weighted by molar-refractivity contribution is -0.214. The molecule has 1 aliphatic carbocycles. The zero-order valence-electron chi connectivity index (χ0n) is 42.6. The maximum Gasteiger partial charge on any atom is 0.331 e. The van der Waals surface area contributed by atoms with Gasteiger partial charge in [-0.2, -0.15) is 0 Å². The molecule has 0 bridgehead atoms. The Bertz CT molecular complexity index is 2590. The number of fused-ring (bicyclic) bond motifs is 1. The third-order valence-electron chi connectivity index (χ3n) is 11.9. The van der Waals surface area contributed by atoms with Crippen LogP contribution in [0.4, 0.5) is 0 Å².